The largest absolute Gasteiger partial charge is 0.497 e. The van der Waals surface area contributed by atoms with Crippen molar-refractivity contribution < 1.29 is 9.53 Å². The molecule has 3 nitrogen and oxygen atoms in total. The molecule has 0 aliphatic heterocycles. The number of anilines is 1. The van der Waals surface area contributed by atoms with Gasteiger partial charge in [-0.3, -0.25) is 4.79 Å². The number of fused-ring (bicyclic) bond motifs is 2. The lowest BCUT2D eigenvalue weighted by atomic mass is 9.70. The molecule has 1 N–H and O–H groups in total. The molecule has 2 aliphatic rings. The van der Waals surface area contributed by atoms with E-state index >= 15 is 0 Å². The predicted octanol–water partition coefficient (Wildman–Crippen LogP) is 4.02. The lowest BCUT2D eigenvalue weighted by Gasteiger charge is -2.31. The molecule has 1 aromatic carbocycles. The van der Waals surface area contributed by atoms with Crippen LogP contribution in [-0.2, 0) is 4.79 Å². The van der Waals surface area contributed by atoms with Gasteiger partial charge in [-0.25, -0.2) is 0 Å². The van der Waals surface area contributed by atoms with E-state index in [0.29, 0.717) is 11.7 Å². The Morgan fingerprint density at radius 3 is 2.43 bits per heavy atom. The van der Waals surface area contributed by atoms with Crippen LogP contribution in [0, 0.1) is 16.7 Å². The Kier molecular flexibility index (Phi) is 3.12. The number of hydrogen-bond acceptors (Lipinski definition) is 3. The van der Waals surface area contributed by atoms with Crippen molar-refractivity contribution in [2.24, 2.45) is 16.7 Å². The van der Waals surface area contributed by atoms with Crippen molar-refractivity contribution in [1.82, 2.24) is 0 Å². The molecule has 112 valence electrons. The summed E-state index contributed by atoms with van der Waals surface area (Å²) < 4.78 is 5.15. The van der Waals surface area contributed by atoms with E-state index < -0.39 is 0 Å². The third kappa shape index (κ3) is 1.90. The number of rotatable bonds is 3. The lowest BCUT2D eigenvalue weighted by Crippen LogP contribution is -2.32. The zero-order valence-electron chi connectivity index (χ0n) is 13.2. The molecular formula is C18H23NO2. The van der Waals surface area contributed by atoms with Crippen LogP contribution in [0.25, 0.3) is 0 Å². The highest BCUT2D eigenvalue weighted by molar-refractivity contribution is 6.04. The third-order valence-corrected chi connectivity index (χ3v) is 5.85. The SMILES string of the molecule is COc1ccc(NC=C2C(=O)[C@]3(C)CC[C@@H]2C3(C)C)cc1. The van der Waals surface area contributed by atoms with Gasteiger partial charge in [0.25, 0.3) is 0 Å². The van der Waals surface area contributed by atoms with Crippen LogP contribution >= 0.6 is 0 Å². The summed E-state index contributed by atoms with van der Waals surface area (Å²) in [6.45, 7) is 6.59. The second kappa shape index (κ2) is 4.62. The number of ether oxygens (including phenoxy) is 1. The summed E-state index contributed by atoms with van der Waals surface area (Å²) in [5.74, 6) is 1.53. The molecule has 2 aliphatic carbocycles. The fraction of sp³-hybridized carbons (Fsp3) is 0.500. The van der Waals surface area contributed by atoms with Crippen molar-refractivity contribution >= 4 is 11.5 Å². The highest BCUT2D eigenvalue weighted by Gasteiger charge is 2.63. The maximum atomic E-state index is 12.7. The van der Waals surface area contributed by atoms with Gasteiger partial charge in [0, 0.05) is 22.9 Å². The molecule has 0 saturated heterocycles. The van der Waals surface area contributed by atoms with Crippen LogP contribution in [0.15, 0.2) is 36.0 Å². The first-order chi connectivity index (χ1) is 9.90. The van der Waals surface area contributed by atoms with Gasteiger partial charge in [0.15, 0.2) is 5.78 Å². The summed E-state index contributed by atoms with van der Waals surface area (Å²) in [5, 5.41) is 3.27. The van der Waals surface area contributed by atoms with Crippen molar-refractivity contribution in [3.8, 4) is 5.75 Å². The molecule has 2 atom stereocenters. The van der Waals surface area contributed by atoms with Crippen LogP contribution in [-0.4, -0.2) is 12.9 Å². The number of ketones is 1. The summed E-state index contributed by atoms with van der Waals surface area (Å²) in [4.78, 5) is 12.7. The van der Waals surface area contributed by atoms with Gasteiger partial charge in [-0.1, -0.05) is 20.8 Å². The Labute approximate surface area is 126 Å². The van der Waals surface area contributed by atoms with Crippen LogP contribution in [0.3, 0.4) is 0 Å². The Morgan fingerprint density at radius 1 is 1.24 bits per heavy atom. The zero-order valence-corrected chi connectivity index (χ0v) is 13.2. The standard InChI is InChI=1S/C18H23NO2/c1-17(2)15-9-10-18(17,3)16(20)14(15)11-19-12-5-7-13(21-4)8-6-12/h5-8,11,15,19H,9-10H2,1-4H3/t15-,18-/m0/s1. The molecule has 0 aromatic heterocycles. The maximum absolute atomic E-state index is 12.7. The van der Waals surface area contributed by atoms with Gasteiger partial charge in [-0.05, 0) is 48.4 Å². The quantitative estimate of drug-likeness (QED) is 0.853. The fourth-order valence-corrected chi connectivity index (χ4v) is 3.94. The second-order valence-electron chi connectivity index (χ2n) is 6.95. The molecule has 0 unspecified atom stereocenters. The summed E-state index contributed by atoms with van der Waals surface area (Å²) in [6, 6.07) is 7.74. The Balaban J connectivity index is 1.83. The van der Waals surface area contributed by atoms with E-state index in [1.54, 1.807) is 7.11 Å². The zero-order chi connectivity index (χ0) is 15.3. The molecule has 2 bridgehead atoms. The average Bonchev–Trinajstić information content (AvgIpc) is 2.78. The minimum Gasteiger partial charge on any atom is -0.497 e. The third-order valence-electron chi connectivity index (χ3n) is 5.85. The number of carbonyl (C=O) groups excluding carboxylic acids is 1. The Bertz CT molecular complexity index is 600. The number of carbonyl (C=O) groups is 1. The topological polar surface area (TPSA) is 38.3 Å². The van der Waals surface area contributed by atoms with E-state index in [1.165, 1.54) is 0 Å². The number of nitrogens with one attached hydrogen (secondary N) is 1. The van der Waals surface area contributed by atoms with Gasteiger partial charge in [0.2, 0.25) is 0 Å². The second-order valence-corrected chi connectivity index (χ2v) is 6.95. The first-order valence-electron chi connectivity index (χ1n) is 7.55. The van der Waals surface area contributed by atoms with Crippen LogP contribution in [0.1, 0.15) is 33.6 Å². The van der Waals surface area contributed by atoms with Crippen LogP contribution < -0.4 is 10.1 Å². The lowest BCUT2D eigenvalue weighted by molar-refractivity contribution is -0.125. The Hall–Kier alpha value is -1.77. The normalized spacial score (nSPS) is 31.7. The minimum absolute atomic E-state index is 0.0670. The van der Waals surface area contributed by atoms with Gasteiger partial charge < -0.3 is 10.1 Å². The number of benzene rings is 1. The number of hydrogen-bond donors (Lipinski definition) is 1. The van der Waals surface area contributed by atoms with E-state index in [0.717, 1.165) is 29.9 Å². The van der Waals surface area contributed by atoms with E-state index in [2.05, 4.69) is 26.1 Å². The molecule has 0 radical (unpaired) electrons. The van der Waals surface area contributed by atoms with E-state index in [4.69, 9.17) is 4.74 Å². The maximum Gasteiger partial charge on any atom is 0.167 e. The summed E-state index contributed by atoms with van der Waals surface area (Å²) in [7, 11) is 1.65. The number of methoxy groups -OCH3 is 1. The highest BCUT2D eigenvalue weighted by Crippen LogP contribution is 2.65. The van der Waals surface area contributed by atoms with Crippen molar-refractivity contribution in [3.05, 3.63) is 36.0 Å². The van der Waals surface area contributed by atoms with Gasteiger partial charge >= 0.3 is 0 Å². The van der Waals surface area contributed by atoms with Crippen LogP contribution in [0.4, 0.5) is 5.69 Å². The van der Waals surface area contributed by atoms with Gasteiger partial charge in [-0.15, -0.1) is 0 Å². The molecule has 3 rings (SSSR count). The molecule has 0 heterocycles. The monoisotopic (exact) mass is 285 g/mol. The van der Waals surface area contributed by atoms with Crippen LogP contribution in [0.2, 0.25) is 0 Å². The number of allylic oxidation sites excluding steroid dienone is 1. The van der Waals surface area contributed by atoms with Crippen molar-refractivity contribution in [2.45, 2.75) is 33.6 Å². The summed E-state index contributed by atoms with van der Waals surface area (Å²) in [5.41, 5.74) is 1.81. The number of Topliss-reactive ketones (excluding diaryl/α,β-unsaturated/α-hetero) is 1. The molecule has 0 amide bonds. The molecule has 0 spiro atoms. The summed E-state index contributed by atoms with van der Waals surface area (Å²) in [6.07, 6.45) is 4.05. The first kappa shape index (κ1) is 14.2. The average molecular weight is 285 g/mol. The smallest absolute Gasteiger partial charge is 0.167 e. The van der Waals surface area contributed by atoms with Gasteiger partial charge in [0.05, 0.1) is 7.11 Å². The van der Waals surface area contributed by atoms with Crippen molar-refractivity contribution in [3.63, 3.8) is 0 Å². The molecule has 2 fully saturated rings. The predicted molar refractivity (Wildman–Crippen MR) is 84.3 cm³/mol. The molecule has 21 heavy (non-hydrogen) atoms. The minimum atomic E-state index is -0.189. The van der Waals surface area contributed by atoms with E-state index in [1.807, 2.05) is 30.5 Å². The van der Waals surface area contributed by atoms with Gasteiger partial charge in [0.1, 0.15) is 5.75 Å². The van der Waals surface area contributed by atoms with Gasteiger partial charge in [-0.2, -0.15) is 0 Å². The van der Waals surface area contributed by atoms with Crippen molar-refractivity contribution in [2.75, 3.05) is 12.4 Å². The fourth-order valence-electron chi connectivity index (χ4n) is 3.94. The first-order valence-corrected chi connectivity index (χ1v) is 7.55. The summed E-state index contributed by atoms with van der Waals surface area (Å²) >= 11 is 0. The molecule has 2 saturated carbocycles. The molecule has 1 aromatic rings. The van der Waals surface area contributed by atoms with Crippen molar-refractivity contribution in [1.29, 1.82) is 0 Å². The van der Waals surface area contributed by atoms with E-state index in [-0.39, 0.29) is 10.8 Å². The molecule has 3 heteroatoms. The Morgan fingerprint density at radius 2 is 1.90 bits per heavy atom. The molecular weight excluding hydrogens is 262 g/mol. The highest BCUT2D eigenvalue weighted by atomic mass is 16.5. The van der Waals surface area contributed by atoms with Crippen LogP contribution in [0.5, 0.6) is 5.75 Å². The van der Waals surface area contributed by atoms with E-state index in [9.17, 15) is 4.79 Å².